The third-order valence-electron chi connectivity index (χ3n) is 0.132. The summed E-state index contributed by atoms with van der Waals surface area (Å²) in [6.45, 7) is 0. The molecule has 0 amide bonds. The Balaban J connectivity index is -0.000000125. The van der Waals surface area contributed by atoms with Crippen molar-refractivity contribution in [3.8, 4) is 0 Å². The Labute approximate surface area is 53.9 Å². The zero-order valence-electron chi connectivity index (χ0n) is 4.89. The number of hydrogen-bond donors (Lipinski definition) is 3. The van der Waals surface area contributed by atoms with Crippen LogP contribution in [0.2, 0.25) is 0 Å². The minimum Gasteiger partial charge on any atom is -1.00 e. The topological polar surface area (TPSA) is 81.1 Å². The van der Waals surface area contributed by atoms with E-state index in [0.29, 0.717) is 5.31 Å². The maximum Gasteiger partial charge on any atom is 1.00 e. The van der Waals surface area contributed by atoms with Crippen LogP contribution in [0.3, 0.4) is 0 Å². The molecule has 0 rings (SSSR count). The van der Waals surface area contributed by atoms with Crippen molar-refractivity contribution in [3.05, 3.63) is 0 Å². The average molecular weight is 121 g/mol. The first-order valence-electron chi connectivity index (χ1n) is 1.11. The zero-order valence-corrected chi connectivity index (χ0v) is 4.78. The molecule has 7 heteroatoms. The predicted molar refractivity (Wildman–Crippen MR) is 21.3 cm³/mol. The molecular weight excluding hydrogens is 115 g/mol. The van der Waals surface area contributed by atoms with Gasteiger partial charge in [-0.25, -0.2) is 0 Å². The monoisotopic (exact) mass is 121 g/mol. The first kappa shape index (κ1) is 10.6. The van der Waals surface area contributed by atoms with Crippen LogP contribution in [0.1, 0.15) is 1.43 Å². The van der Waals surface area contributed by atoms with Crippen LogP contribution in [0.15, 0.2) is 0 Å². The minimum atomic E-state index is -3.56. The Morgan fingerprint density at radius 2 is 1.86 bits per heavy atom. The second-order valence-corrected chi connectivity index (χ2v) is 2.38. The molecule has 0 radical (unpaired) electrons. The van der Waals surface area contributed by atoms with Crippen molar-refractivity contribution in [3.63, 3.8) is 0 Å². The van der Waals surface area contributed by atoms with Crippen molar-refractivity contribution in [2.45, 2.75) is 0 Å². The standard InChI is InChI=1S/FH5N3OP.Li.H/c1-4-6(2,3)5;;/h(H5,2,3,4,5);;/q;+1;-1. The van der Waals surface area contributed by atoms with Gasteiger partial charge in [0.2, 0.25) is 0 Å². The van der Waals surface area contributed by atoms with Crippen molar-refractivity contribution in [1.29, 1.82) is 0 Å². The largest absolute Gasteiger partial charge is 1.00 e. The van der Waals surface area contributed by atoms with Gasteiger partial charge in [-0.2, -0.15) is 0 Å². The second-order valence-electron chi connectivity index (χ2n) is 0.794. The van der Waals surface area contributed by atoms with Crippen molar-refractivity contribution < 1.29 is 29.3 Å². The second kappa shape index (κ2) is 3.62. The van der Waals surface area contributed by atoms with Crippen LogP contribution in [0, 0.1) is 0 Å². The first-order valence-corrected chi connectivity index (χ1v) is 2.96. The van der Waals surface area contributed by atoms with Gasteiger partial charge in [-0.15, -0.1) is 4.48 Å². The summed E-state index contributed by atoms with van der Waals surface area (Å²) in [5, 5.41) is 0.715. The summed E-state index contributed by atoms with van der Waals surface area (Å²) < 4.78 is 20.4. The van der Waals surface area contributed by atoms with E-state index in [0.717, 1.165) is 0 Å². The van der Waals surface area contributed by atoms with Gasteiger partial charge in [-0.3, -0.25) is 15.6 Å². The third-order valence-corrected chi connectivity index (χ3v) is 0.396. The van der Waals surface area contributed by atoms with Gasteiger partial charge < -0.3 is 1.43 Å². The molecule has 0 saturated carbocycles. The third kappa shape index (κ3) is 10.8. The van der Waals surface area contributed by atoms with Crippen molar-refractivity contribution in [2.24, 2.45) is 11.0 Å². The van der Waals surface area contributed by atoms with E-state index in [1.165, 1.54) is 0 Å². The van der Waals surface area contributed by atoms with Gasteiger partial charge in [0.25, 0.3) is 0 Å². The van der Waals surface area contributed by atoms with E-state index in [-0.39, 0.29) is 20.3 Å². The summed E-state index contributed by atoms with van der Waals surface area (Å²) in [7, 11) is -3.56. The predicted octanol–water partition coefficient (Wildman–Crippen LogP) is -3.40. The molecule has 4 nitrogen and oxygen atoms in total. The molecule has 0 spiro atoms. The summed E-state index contributed by atoms with van der Waals surface area (Å²) >= 11 is 0. The zero-order chi connectivity index (χ0) is 5.21. The molecule has 0 fully saturated rings. The molecule has 7 heavy (non-hydrogen) atoms. The summed E-state index contributed by atoms with van der Waals surface area (Å²) in [6, 6.07) is 0. The molecular formula is H6FLiN3OP. The SMILES string of the molecule is NP(N)(=O)NF.[H-].[Li+]. The number of halogens is 1. The first-order chi connectivity index (χ1) is 2.56. The molecule has 0 aliphatic carbocycles. The van der Waals surface area contributed by atoms with Gasteiger partial charge >= 0.3 is 26.5 Å². The smallest absolute Gasteiger partial charge is 1.00 e. The molecule has 0 aromatic rings. The Morgan fingerprint density at radius 1 is 1.71 bits per heavy atom. The van der Waals surface area contributed by atoms with Crippen LogP contribution in [-0.2, 0) is 4.57 Å². The van der Waals surface area contributed by atoms with Gasteiger partial charge in [-0.05, 0) is 0 Å². The minimum absolute atomic E-state index is 0. The maximum atomic E-state index is 10.7. The number of hydrogen-bond acceptors (Lipinski definition) is 1. The molecule has 40 valence electrons. The van der Waals surface area contributed by atoms with Crippen molar-refractivity contribution in [1.82, 2.24) is 5.31 Å². The van der Waals surface area contributed by atoms with E-state index in [4.69, 9.17) is 0 Å². The molecule has 0 atom stereocenters. The van der Waals surface area contributed by atoms with Crippen LogP contribution in [-0.4, -0.2) is 0 Å². The van der Waals surface area contributed by atoms with Crippen LogP contribution in [0.5, 0.6) is 0 Å². The van der Waals surface area contributed by atoms with Crippen LogP contribution in [0.4, 0.5) is 4.48 Å². The van der Waals surface area contributed by atoms with Crippen LogP contribution < -0.4 is 35.2 Å². The van der Waals surface area contributed by atoms with Gasteiger partial charge in [0.15, 0.2) is 0 Å². The average Bonchev–Trinajstić information content (AvgIpc) is 1.35. The molecule has 0 aliphatic heterocycles. The van der Waals surface area contributed by atoms with E-state index in [2.05, 4.69) is 11.0 Å². The van der Waals surface area contributed by atoms with E-state index in [1.807, 2.05) is 0 Å². The van der Waals surface area contributed by atoms with E-state index in [9.17, 15) is 9.05 Å². The van der Waals surface area contributed by atoms with E-state index >= 15 is 0 Å². The van der Waals surface area contributed by atoms with Gasteiger partial charge in [0.1, 0.15) is 0 Å². The Bertz CT molecular complexity index is 83.4. The fraction of sp³-hybridized carbons (Fsp3) is 0. The van der Waals surface area contributed by atoms with Gasteiger partial charge in [0, 0.05) is 0 Å². The van der Waals surface area contributed by atoms with Crippen LogP contribution in [0.25, 0.3) is 0 Å². The van der Waals surface area contributed by atoms with Crippen molar-refractivity contribution in [2.75, 3.05) is 0 Å². The molecule has 0 heterocycles. The number of nitrogens with two attached hydrogens (primary N) is 2. The summed E-state index contributed by atoms with van der Waals surface area (Å²) in [6.07, 6.45) is 0. The Hall–Kier alpha value is 0.637. The van der Waals surface area contributed by atoms with Gasteiger partial charge in [-0.1, -0.05) is 5.31 Å². The quantitative estimate of drug-likeness (QED) is 0.192. The molecule has 0 saturated heterocycles. The fourth-order valence-corrected chi connectivity index (χ4v) is 0. The summed E-state index contributed by atoms with van der Waals surface area (Å²) in [4.78, 5) is 0. The van der Waals surface area contributed by atoms with Gasteiger partial charge in [0.05, 0.1) is 0 Å². The molecule has 0 aromatic carbocycles. The Morgan fingerprint density at radius 3 is 1.86 bits per heavy atom. The number of nitrogens with one attached hydrogen (secondary N) is 1. The molecule has 0 unspecified atom stereocenters. The van der Waals surface area contributed by atoms with E-state index < -0.39 is 7.59 Å². The Kier molecular flexibility index (Phi) is 5.47. The molecule has 0 aliphatic rings. The fourth-order valence-electron chi connectivity index (χ4n) is 0. The van der Waals surface area contributed by atoms with Crippen molar-refractivity contribution >= 4 is 7.59 Å². The molecule has 0 aromatic heterocycles. The maximum absolute atomic E-state index is 10.7. The van der Waals surface area contributed by atoms with Crippen LogP contribution >= 0.6 is 7.59 Å². The molecule has 0 bridgehead atoms. The summed E-state index contributed by atoms with van der Waals surface area (Å²) in [5.41, 5.74) is 8.76. The van der Waals surface area contributed by atoms with E-state index in [1.54, 1.807) is 0 Å². The summed E-state index contributed by atoms with van der Waals surface area (Å²) in [5.74, 6) is 0. The number of rotatable bonds is 1. The normalized spacial score (nSPS) is 10.1. The molecule has 5 N–H and O–H groups in total.